The number of hydrogen-bond acceptors (Lipinski definition) is 4. The molecule has 6 nitrogen and oxygen atoms in total. The van der Waals surface area contributed by atoms with Gasteiger partial charge in [0, 0.05) is 19.6 Å². The highest BCUT2D eigenvalue weighted by atomic mass is 16.5. The van der Waals surface area contributed by atoms with E-state index in [9.17, 15) is 9.59 Å². The molecule has 0 atom stereocenters. The topological polar surface area (TPSA) is 61.9 Å². The largest absolute Gasteiger partial charge is 0.378 e. The average Bonchev–Trinajstić information content (AvgIpc) is 2.62. The molecule has 1 N–H and O–H groups in total. The number of likely N-dealkylation sites (N-methyl/N-ethyl adjacent to an activating group) is 1. The molecule has 1 aliphatic heterocycles. The van der Waals surface area contributed by atoms with Crippen LogP contribution in [0.4, 0.5) is 0 Å². The lowest BCUT2D eigenvalue weighted by atomic mass is 10.0. The summed E-state index contributed by atoms with van der Waals surface area (Å²) < 4.78 is 5.25. The Kier molecular flexibility index (Phi) is 8.06. The van der Waals surface area contributed by atoms with Crippen LogP contribution in [0.2, 0.25) is 0 Å². The average molecular weight is 361 g/mol. The van der Waals surface area contributed by atoms with E-state index in [1.165, 1.54) is 11.1 Å². The Labute approximate surface area is 156 Å². The Morgan fingerprint density at radius 2 is 1.81 bits per heavy atom. The maximum atomic E-state index is 12.2. The van der Waals surface area contributed by atoms with Crippen LogP contribution in [0.15, 0.2) is 24.3 Å². The van der Waals surface area contributed by atoms with Gasteiger partial charge in [-0.1, -0.05) is 38.1 Å². The Morgan fingerprint density at radius 3 is 2.42 bits per heavy atom. The number of ether oxygens (including phenoxy) is 1. The summed E-state index contributed by atoms with van der Waals surface area (Å²) >= 11 is 0. The number of rotatable bonds is 8. The van der Waals surface area contributed by atoms with Crippen LogP contribution < -0.4 is 5.32 Å². The van der Waals surface area contributed by atoms with Crippen LogP contribution in [0.5, 0.6) is 0 Å². The lowest BCUT2D eigenvalue weighted by molar-refractivity contribution is -0.136. The van der Waals surface area contributed by atoms with Crippen LogP contribution in [-0.2, 0) is 20.7 Å². The second kappa shape index (κ2) is 10.3. The van der Waals surface area contributed by atoms with Gasteiger partial charge >= 0.3 is 0 Å². The van der Waals surface area contributed by atoms with Crippen molar-refractivity contribution in [3.05, 3.63) is 35.4 Å². The van der Waals surface area contributed by atoms with Crippen LogP contribution in [0.1, 0.15) is 30.9 Å². The number of benzene rings is 1. The molecule has 1 fully saturated rings. The van der Waals surface area contributed by atoms with Gasteiger partial charge in [-0.2, -0.15) is 0 Å². The second-order valence-corrected chi connectivity index (χ2v) is 7.16. The monoisotopic (exact) mass is 361 g/mol. The number of morpholine rings is 1. The predicted molar refractivity (Wildman–Crippen MR) is 102 cm³/mol. The number of amides is 2. The zero-order valence-corrected chi connectivity index (χ0v) is 16.2. The lowest BCUT2D eigenvalue weighted by Crippen LogP contribution is -2.46. The third-order valence-corrected chi connectivity index (χ3v) is 4.56. The summed E-state index contributed by atoms with van der Waals surface area (Å²) in [5.41, 5.74) is 2.54. The fraction of sp³-hybridized carbons (Fsp3) is 0.600. The van der Waals surface area contributed by atoms with Crippen LogP contribution in [0.3, 0.4) is 0 Å². The minimum atomic E-state index is -0.0546. The lowest BCUT2D eigenvalue weighted by Gasteiger charge is -2.28. The van der Waals surface area contributed by atoms with Crippen LogP contribution in [0.25, 0.3) is 0 Å². The van der Waals surface area contributed by atoms with E-state index in [4.69, 9.17) is 4.74 Å². The van der Waals surface area contributed by atoms with Gasteiger partial charge in [0.15, 0.2) is 0 Å². The first kappa shape index (κ1) is 20.4. The molecule has 1 aliphatic rings. The van der Waals surface area contributed by atoms with Crippen LogP contribution >= 0.6 is 0 Å². The molecule has 0 aromatic heterocycles. The van der Waals surface area contributed by atoms with Gasteiger partial charge in [0.25, 0.3) is 0 Å². The minimum absolute atomic E-state index is 0.0499. The molecule has 0 radical (unpaired) electrons. The van der Waals surface area contributed by atoms with Gasteiger partial charge in [0.05, 0.1) is 26.3 Å². The molecule has 0 spiro atoms. The Balaban J connectivity index is 1.65. The first-order valence-electron chi connectivity index (χ1n) is 9.35. The molecule has 26 heavy (non-hydrogen) atoms. The molecular weight excluding hydrogens is 330 g/mol. The summed E-state index contributed by atoms with van der Waals surface area (Å²) in [6.45, 7) is 7.88. The number of carbonyl (C=O) groups excluding carboxylic acids is 2. The minimum Gasteiger partial charge on any atom is -0.378 e. The quantitative estimate of drug-likeness (QED) is 0.757. The molecule has 0 bridgehead atoms. The molecule has 144 valence electrons. The molecule has 1 aromatic rings. The zero-order valence-electron chi connectivity index (χ0n) is 16.2. The van der Waals surface area contributed by atoms with E-state index < -0.39 is 0 Å². The maximum absolute atomic E-state index is 12.2. The highest BCUT2D eigenvalue weighted by molar-refractivity contribution is 5.81. The van der Waals surface area contributed by atoms with E-state index in [2.05, 4.69) is 43.4 Å². The van der Waals surface area contributed by atoms with Gasteiger partial charge in [-0.25, -0.2) is 0 Å². The summed E-state index contributed by atoms with van der Waals surface area (Å²) in [5.74, 6) is 0.523. The van der Waals surface area contributed by atoms with Crippen molar-refractivity contribution in [1.82, 2.24) is 15.1 Å². The van der Waals surface area contributed by atoms with Crippen molar-refractivity contribution >= 4 is 11.8 Å². The fourth-order valence-electron chi connectivity index (χ4n) is 2.92. The van der Waals surface area contributed by atoms with Crippen LogP contribution in [-0.4, -0.2) is 74.6 Å². The first-order chi connectivity index (χ1) is 12.5. The summed E-state index contributed by atoms with van der Waals surface area (Å²) in [6, 6.07) is 8.53. The van der Waals surface area contributed by atoms with Crippen molar-refractivity contribution in [2.45, 2.75) is 26.2 Å². The third kappa shape index (κ3) is 6.77. The van der Waals surface area contributed by atoms with E-state index in [1.807, 2.05) is 0 Å². The van der Waals surface area contributed by atoms with E-state index in [0.29, 0.717) is 38.8 Å². The smallest absolute Gasteiger partial charge is 0.236 e. The fourth-order valence-corrected chi connectivity index (χ4v) is 2.92. The van der Waals surface area contributed by atoms with E-state index >= 15 is 0 Å². The number of nitrogens with zero attached hydrogens (tertiary/aromatic N) is 2. The Hall–Kier alpha value is -1.92. The van der Waals surface area contributed by atoms with Crippen molar-refractivity contribution in [3.63, 3.8) is 0 Å². The van der Waals surface area contributed by atoms with Gasteiger partial charge in [-0.3, -0.25) is 14.5 Å². The van der Waals surface area contributed by atoms with Gasteiger partial charge < -0.3 is 15.0 Å². The number of nitrogens with one attached hydrogen (secondary N) is 1. The maximum Gasteiger partial charge on any atom is 0.236 e. The zero-order chi connectivity index (χ0) is 18.9. The normalized spacial score (nSPS) is 14.7. The summed E-state index contributed by atoms with van der Waals surface area (Å²) in [4.78, 5) is 27.8. The molecule has 1 saturated heterocycles. The molecule has 6 heteroatoms. The molecule has 1 heterocycles. The van der Waals surface area contributed by atoms with Crippen molar-refractivity contribution < 1.29 is 14.3 Å². The van der Waals surface area contributed by atoms with Crippen molar-refractivity contribution in [2.24, 2.45) is 0 Å². The van der Waals surface area contributed by atoms with Gasteiger partial charge in [0.1, 0.15) is 0 Å². The summed E-state index contributed by atoms with van der Waals surface area (Å²) in [6.07, 6.45) is 0.806. The molecule has 2 rings (SSSR count). The second-order valence-electron chi connectivity index (χ2n) is 7.16. The van der Waals surface area contributed by atoms with Crippen LogP contribution in [0, 0.1) is 0 Å². The van der Waals surface area contributed by atoms with Crippen molar-refractivity contribution in [1.29, 1.82) is 0 Å². The summed E-state index contributed by atoms with van der Waals surface area (Å²) in [7, 11) is 1.79. The predicted octanol–water partition coefficient (Wildman–Crippen LogP) is 1.26. The van der Waals surface area contributed by atoms with Gasteiger partial charge in [-0.05, 0) is 30.5 Å². The first-order valence-corrected chi connectivity index (χ1v) is 9.35. The molecule has 0 unspecified atom stereocenters. The van der Waals surface area contributed by atoms with Crippen molar-refractivity contribution in [2.75, 3.05) is 53.0 Å². The number of hydrogen-bond donors (Lipinski definition) is 1. The van der Waals surface area contributed by atoms with Gasteiger partial charge in [0.2, 0.25) is 11.8 Å². The molecule has 2 amide bonds. The van der Waals surface area contributed by atoms with E-state index in [-0.39, 0.29) is 24.9 Å². The van der Waals surface area contributed by atoms with E-state index in [1.54, 1.807) is 16.8 Å². The van der Waals surface area contributed by atoms with Gasteiger partial charge in [-0.15, -0.1) is 0 Å². The molecule has 0 aliphatic carbocycles. The third-order valence-electron chi connectivity index (χ3n) is 4.56. The number of carbonyl (C=O) groups is 2. The SMILES string of the molecule is CC(C)c1ccc(CCNC(=O)CN(C)CC(=O)N2CCOCC2)cc1. The Morgan fingerprint density at radius 1 is 1.15 bits per heavy atom. The standard InChI is InChI=1S/C20H31N3O3/c1-16(2)18-6-4-17(5-7-18)8-9-21-19(24)14-22(3)15-20(25)23-10-12-26-13-11-23/h4-7,16H,8-15H2,1-3H3,(H,21,24). The molecular formula is C20H31N3O3. The highest BCUT2D eigenvalue weighted by Gasteiger charge is 2.19. The molecule has 0 saturated carbocycles. The Bertz CT molecular complexity index is 580. The van der Waals surface area contributed by atoms with Crippen molar-refractivity contribution in [3.8, 4) is 0 Å². The highest BCUT2D eigenvalue weighted by Crippen LogP contribution is 2.14. The molecule has 1 aromatic carbocycles. The summed E-state index contributed by atoms with van der Waals surface area (Å²) in [5, 5.41) is 2.93. The van der Waals surface area contributed by atoms with E-state index in [0.717, 1.165) is 6.42 Å².